The SMILES string of the molecule is Fc1ccc(C2(CNC(=S)Nc3nc(Oc4ccccc4)cc(N4CCCCC4)n3)CCCCC2)cc1. The smallest absolute Gasteiger partial charge is 0.234 e. The van der Waals surface area contributed by atoms with E-state index < -0.39 is 0 Å². The Bertz CT molecular complexity index is 1180. The second-order valence-corrected chi connectivity index (χ2v) is 10.4. The van der Waals surface area contributed by atoms with E-state index in [0.717, 1.165) is 68.7 Å². The molecular formula is C29H34FN5OS. The standard InChI is InChI=1S/C29H34FN5OS/c30-23-14-12-22(13-15-23)29(16-6-2-7-17-29)21-31-28(37)34-27-32-25(35-18-8-3-9-19-35)20-26(33-27)36-24-10-4-1-5-11-24/h1,4-5,10-15,20H,2-3,6-9,16-19,21H2,(H2,31,32,33,34,37). The van der Waals surface area contributed by atoms with Crippen LogP contribution in [0.25, 0.3) is 0 Å². The highest BCUT2D eigenvalue weighted by Gasteiger charge is 2.34. The first-order chi connectivity index (χ1) is 18.1. The molecule has 1 aliphatic heterocycles. The molecule has 1 aliphatic carbocycles. The molecule has 8 heteroatoms. The Morgan fingerprint density at radius 2 is 1.62 bits per heavy atom. The van der Waals surface area contributed by atoms with Crippen molar-refractivity contribution < 1.29 is 9.13 Å². The van der Waals surface area contributed by atoms with Crippen molar-refractivity contribution in [2.75, 3.05) is 29.9 Å². The fourth-order valence-corrected chi connectivity index (χ4v) is 5.57. The third-order valence-electron chi connectivity index (χ3n) is 7.41. The van der Waals surface area contributed by atoms with Gasteiger partial charge in [-0.1, -0.05) is 49.6 Å². The van der Waals surface area contributed by atoms with E-state index in [1.807, 2.05) is 48.5 Å². The first-order valence-electron chi connectivity index (χ1n) is 13.3. The number of aromatic nitrogens is 2. The van der Waals surface area contributed by atoms with Gasteiger partial charge in [0.1, 0.15) is 17.4 Å². The number of halogens is 1. The first-order valence-corrected chi connectivity index (χ1v) is 13.7. The van der Waals surface area contributed by atoms with Crippen molar-refractivity contribution in [3.63, 3.8) is 0 Å². The number of nitrogens with zero attached hydrogens (tertiary/aromatic N) is 3. The Morgan fingerprint density at radius 3 is 2.35 bits per heavy atom. The molecule has 0 amide bonds. The second kappa shape index (κ2) is 11.9. The summed E-state index contributed by atoms with van der Waals surface area (Å²) in [6.07, 6.45) is 9.16. The fourth-order valence-electron chi connectivity index (χ4n) is 5.41. The van der Waals surface area contributed by atoms with Crippen molar-refractivity contribution in [2.24, 2.45) is 0 Å². The molecule has 0 bridgehead atoms. The van der Waals surface area contributed by atoms with Crippen LogP contribution in [0, 0.1) is 5.82 Å². The molecule has 194 valence electrons. The van der Waals surface area contributed by atoms with Crippen LogP contribution >= 0.6 is 12.2 Å². The maximum Gasteiger partial charge on any atom is 0.234 e. The van der Waals surface area contributed by atoms with Gasteiger partial charge in [0.2, 0.25) is 11.8 Å². The molecule has 2 N–H and O–H groups in total. The van der Waals surface area contributed by atoms with Gasteiger partial charge in [-0.3, -0.25) is 0 Å². The van der Waals surface area contributed by atoms with Crippen molar-refractivity contribution >= 4 is 29.1 Å². The Balaban J connectivity index is 1.32. The maximum atomic E-state index is 13.6. The lowest BCUT2D eigenvalue weighted by Crippen LogP contribution is -2.43. The van der Waals surface area contributed by atoms with Gasteiger partial charge in [-0.2, -0.15) is 9.97 Å². The number of para-hydroxylation sites is 1. The molecule has 0 radical (unpaired) electrons. The Kier molecular flexibility index (Phi) is 8.14. The molecular weight excluding hydrogens is 485 g/mol. The monoisotopic (exact) mass is 519 g/mol. The van der Waals surface area contributed by atoms with E-state index >= 15 is 0 Å². The van der Waals surface area contributed by atoms with Gasteiger partial charge < -0.3 is 20.3 Å². The molecule has 0 spiro atoms. The maximum absolute atomic E-state index is 13.6. The van der Waals surface area contributed by atoms with E-state index in [1.165, 1.54) is 12.8 Å². The lowest BCUT2D eigenvalue weighted by Gasteiger charge is -2.38. The number of hydrogen-bond donors (Lipinski definition) is 2. The van der Waals surface area contributed by atoms with E-state index in [0.29, 0.717) is 23.5 Å². The molecule has 0 atom stereocenters. The molecule has 37 heavy (non-hydrogen) atoms. The highest BCUT2D eigenvalue weighted by Crippen LogP contribution is 2.39. The number of nitrogens with one attached hydrogen (secondary N) is 2. The van der Waals surface area contributed by atoms with Gasteiger partial charge in [0.15, 0.2) is 5.11 Å². The van der Waals surface area contributed by atoms with Gasteiger partial charge >= 0.3 is 0 Å². The van der Waals surface area contributed by atoms with Gasteiger partial charge in [0.05, 0.1) is 0 Å². The molecule has 1 saturated carbocycles. The van der Waals surface area contributed by atoms with E-state index in [-0.39, 0.29) is 11.2 Å². The molecule has 2 fully saturated rings. The Labute approximate surface area is 223 Å². The van der Waals surface area contributed by atoms with Gasteiger partial charge in [0, 0.05) is 31.1 Å². The zero-order valence-corrected chi connectivity index (χ0v) is 21.9. The van der Waals surface area contributed by atoms with Gasteiger partial charge in [0.25, 0.3) is 0 Å². The quantitative estimate of drug-likeness (QED) is 0.342. The van der Waals surface area contributed by atoms with Crippen molar-refractivity contribution in [1.82, 2.24) is 15.3 Å². The minimum Gasteiger partial charge on any atom is -0.439 e. The Hall–Kier alpha value is -3.26. The fraction of sp³-hybridized carbons (Fsp3) is 0.414. The number of anilines is 2. The van der Waals surface area contributed by atoms with E-state index in [2.05, 4.69) is 20.5 Å². The molecule has 1 saturated heterocycles. The van der Waals surface area contributed by atoms with Crippen LogP contribution < -0.4 is 20.3 Å². The lowest BCUT2D eigenvalue weighted by molar-refractivity contribution is 0.292. The summed E-state index contributed by atoms with van der Waals surface area (Å²) in [4.78, 5) is 11.7. The lowest BCUT2D eigenvalue weighted by atomic mass is 9.69. The molecule has 2 heterocycles. The number of thiocarbonyl (C=S) groups is 1. The zero-order valence-electron chi connectivity index (χ0n) is 21.1. The minimum atomic E-state index is -0.209. The molecule has 2 aromatic carbocycles. The number of benzene rings is 2. The third-order valence-corrected chi connectivity index (χ3v) is 7.66. The summed E-state index contributed by atoms with van der Waals surface area (Å²) in [5.74, 6) is 2.23. The minimum absolute atomic E-state index is 0.0736. The summed E-state index contributed by atoms with van der Waals surface area (Å²) < 4.78 is 19.7. The van der Waals surface area contributed by atoms with Gasteiger partial charge in [-0.25, -0.2) is 4.39 Å². The van der Waals surface area contributed by atoms with Crippen LogP contribution in [0.2, 0.25) is 0 Å². The molecule has 1 aromatic heterocycles. The predicted molar refractivity (Wildman–Crippen MR) is 150 cm³/mol. The molecule has 0 unspecified atom stereocenters. The van der Waals surface area contributed by atoms with Crippen molar-refractivity contribution in [2.45, 2.75) is 56.8 Å². The van der Waals surface area contributed by atoms with Crippen LogP contribution in [0.5, 0.6) is 11.6 Å². The highest BCUT2D eigenvalue weighted by molar-refractivity contribution is 7.80. The summed E-state index contributed by atoms with van der Waals surface area (Å²) in [6.45, 7) is 2.60. The van der Waals surface area contributed by atoms with Crippen LogP contribution in [-0.2, 0) is 5.41 Å². The third kappa shape index (κ3) is 6.55. The van der Waals surface area contributed by atoms with Crippen molar-refractivity contribution in [3.05, 3.63) is 72.0 Å². The molecule has 3 aromatic rings. The number of piperidine rings is 1. The number of ether oxygens (including phenoxy) is 1. The van der Waals surface area contributed by atoms with Crippen LogP contribution in [0.1, 0.15) is 56.9 Å². The summed E-state index contributed by atoms with van der Waals surface area (Å²) in [7, 11) is 0. The largest absolute Gasteiger partial charge is 0.439 e. The van der Waals surface area contributed by atoms with E-state index in [9.17, 15) is 4.39 Å². The highest BCUT2D eigenvalue weighted by atomic mass is 32.1. The van der Waals surface area contributed by atoms with Crippen molar-refractivity contribution in [3.8, 4) is 11.6 Å². The summed E-state index contributed by atoms with van der Waals surface area (Å²) in [6, 6.07) is 18.5. The zero-order chi connectivity index (χ0) is 25.5. The summed E-state index contributed by atoms with van der Waals surface area (Å²) in [5.41, 5.74) is 1.08. The molecule has 2 aliphatic rings. The predicted octanol–water partition coefficient (Wildman–Crippen LogP) is 6.59. The summed E-state index contributed by atoms with van der Waals surface area (Å²) >= 11 is 5.68. The van der Waals surface area contributed by atoms with E-state index in [4.69, 9.17) is 21.9 Å². The topological polar surface area (TPSA) is 62.3 Å². The normalized spacial score (nSPS) is 17.2. The van der Waals surface area contributed by atoms with Crippen LogP contribution in [-0.4, -0.2) is 34.7 Å². The average molecular weight is 520 g/mol. The first kappa shape index (κ1) is 25.4. The van der Waals surface area contributed by atoms with E-state index in [1.54, 1.807) is 12.1 Å². The van der Waals surface area contributed by atoms with Crippen LogP contribution in [0.15, 0.2) is 60.7 Å². The van der Waals surface area contributed by atoms with Gasteiger partial charge in [-0.05, 0) is 74.2 Å². The van der Waals surface area contributed by atoms with Gasteiger partial charge in [-0.15, -0.1) is 0 Å². The van der Waals surface area contributed by atoms with Crippen LogP contribution in [0.4, 0.5) is 16.2 Å². The molecule has 6 nitrogen and oxygen atoms in total. The number of hydrogen-bond acceptors (Lipinski definition) is 5. The average Bonchev–Trinajstić information content (AvgIpc) is 2.94. The molecule has 5 rings (SSSR count). The van der Waals surface area contributed by atoms with Crippen molar-refractivity contribution in [1.29, 1.82) is 0 Å². The Morgan fingerprint density at radius 1 is 0.919 bits per heavy atom. The summed E-state index contributed by atoms with van der Waals surface area (Å²) in [5, 5.41) is 7.08. The number of rotatable bonds is 7. The van der Waals surface area contributed by atoms with Crippen LogP contribution in [0.3, 0.4) is 0 Å². The second-order valence-electron chi connectivity index (χ2n) is 10.0.